The second-order valence-electron chi connectivity index (χ2n) is 6.70. The SMILES string of the molecule is COc1ccc(C(=O)CCC(C)(C)C(=O)Nc2ccccc2)cc1OC. The van der Waals surface area contributed by atoms with Crippen molar-refractivity contribution in [2.75, 3.05) is 19.5 Å². The number of benzene rings is 2. The van der Waals surface area contributed by atoms with Gasteiger partial charge in [-0.1, -0.05) is 32.0 Å². The zero-order valence-corrected chi connectivity index (χ0v) is 15.7. The van der Waals surface area contributed by atoms with Crippen LogP contribution in [0.4, 0.5) is 5.69 Å². The number of ether oxygens (including phenoxy) is 2. The third kappa shape index (κ3) is 4.85. The highest BCUT2D eigenvalue weighted by Gasteiger charge is 2.28. The Morgan fingerprint density at radius 3 is 2.23 bits per heavy atom. The minimum atomic E-state index is -0.665. The summed E-state index contributed by atoms with van der Waals surface area (Å²) >= 11 is 0. The Morgan fingerprint density at radius 1 is 0.962 bits per heavy atom. The molecule has 0 aliphatic heterocycles. The molecule has 0 saturated heterocycles. The molecule has 5 nitrogen and oxygen atoms in total. The van der Waals surface area contributed by atoms with Crippen LogP contribution in [0.5, 0.6) is 11.5 Å². The first-order valence-electron chi connectivity index (χ1n) is 8.49. The van der Waals surface area contributed by atoms with E-state index in [0.29, 0.717) is 23.5 Å². The Labute approximate surface area is 154 Å². The summed E-state index contributed by atoms with van der Waals surface area (Å²) in [6.07, 6.45) is 0.712. The van der Waals surface area contributed by atoms with Gasteiger partial charge in [-0.05, 0) is 36.8 Å². The fourth-order valence-corrected chi connectivity index (χ4v) is 2.52. The third-order valence-corrected chi connectivity index (χ3v) is 4.33. The van der Waals surface area contributed by atoms with Crippen LogP contribution in [-0.4, -0.2) is 25.9 Å². The molecule has 26 heavy (non-hydrogen) atoms. The van der Waals surface area contributed by atoms with Crippen molar-refractivity contribution >= 4 is 17.4 Å². The first-order valence-corrected chi connectivity index (χ1v) is 8.49. The van der Waals surface area contributed by atoms with Crippen molar-refractivity contribution in [3.05, 3.63) is 54.1 Å². The molecule has 0 atom stereocenters. The fraction of sp³-hybridized carbons (Fsp3) is 0.333. The van der Waals surface area contributed by atoms with Gasteiger partial charge in [-0.3, -0.25) is 9.59 Å². The summed E-state index contributed by atoms with van der Waals surface area (Å²) in [6, 6.07) is 14.4. The Hall–Kier alpha value is -2.82. The molecule has 1 N–H and O–H groups in total. The van der Waals surface area contributed by atoms with E-state index < -0.39 is 5.41 Å². The van der Waals surface area contributed by atoms with Crippen LogP contribution < -0.4 is 14.8 Å². The van der Waals surface area contributed by atoms with Gasteiger partial charge in [0.25, 0.3) is 0 Å². The molecule has 0 heterocycles. The van der Waals surface area contributed by atoms with E-state index >= 15 is 0 Å². The van der Waals surface area contributed by atoms with Crippen LogP contribution in [0.2, 0.25) is 0 Å². The molecule has 0 aliphatic carbocycles. The number of carbonyl (C=O) groups is 2. The largest absolute Gasteiger partial charge is 0.493 e. The van der Waals surface area contributed by atoms with Crippen LogP contribution in [0.15, 0.2) is 48.5 Å². The average Bonchev–Trinajstić information content (AvgIpc) is 2.66. The molecule has 2 rings (SSSR count). The van der Waals surface area contributed by atoms with Crippen LogP contribution in [0.1, 0.15) is 37.0 Å². The van der Waals surface area contributed by atoms with Crippen LogP contribution >= 0.6 is 0 Å². The maximum absolute atomic E-state index is 12.5. The van der Waals surface area contributed by atoms with Crippen molar-refractivity contribution in [2.45, 2.75) is 26.7 Å². The number of para-hydroxylation sites is 1. The standard InChI is InChI=1S/C21H25NO4/c1-21(2,20(24)22-16-8-6-5-7-9-16)13-12-17(23)15-10-11-18(25-3)19(14-15)26-4/h5-11,14H,12-13H2,1-4H3,(H,22,24). The lowest BCUT2D eigenvalue weighted by Gasteiger charge is -2.23. The summed E-state index contributed by atoms with van der Waals surface area (Å²) in [5.74, 6) is 0.946. The Bertz CT molecular complexity index is 769. The molecule has 0 bridgehead atoms. The Kier molecular flexibility index (Phi) is 6.39. The van der Waals surface area contributed by atoms with Crippen molar-refractivity contribution in [3.8, 4) is 11.5 Å². The molecule has 0 aliphatic rings. The summed E-state index contributed by atoms with van der Waals surface area (Å²) in [4.78, 5) is 25.0. The van der Waals surface area contributed by atoms with Crippen LogP contribution in [-0.2, 0) is 4.79 Å². The van der Waals surface area contributed by atoms with Gasteiger partial charge in [-0.2, -0.15) is 0 Å². The topological polar surface area (TPSA) is 64.6 Å². The van der Waals surface area contributed by atoms with Crippen LogP contribution in [0, 0.1) is 5.41 Å². The monoisotopic (exact) mass is 355 g/mol. The number of Topliss-reactive ketones (excluding diaryl/α,β-unsaturated/α-hetero) is 1. The molecular formula is C21H25NO4. The van der Waals surface area contributed by atoms with Gasteiger partial charge in [0.05, 0.1) is 14.2 Å². The molecule has 0 aromatic heterocycles. The zero-order chi connectivity index (χ0) is 19.2. The number of ketones is 1. The average molecular weight is 355 g/mol. The normalized spacial score (nSPS) is 10.9. The Balaban J connectivity index is 2.00. The molecule has 0 unspecified atom stereocenters. The molecule has 0 radical (unpaired) electrons. The van der Waals surface area contributed by atoms with Gasteiger partial charge in [-0.15, -0.1) is 0 Å². The Morgan fingerprint density at radius 2 is 1.62 bits per heavy atom. The van der Waals surface area contributed by atoms with Crippen molar-refractivity contribution in [2.24, 2.45) is 5.41 Å². The van der Waals surface area contributed by atoms with Crippen molar-refractivity contribution in [1.29, 1.82) is 0 Å². The number of hydrogen-bond acceptors (Lipinski definition) is 4. The zero-order valence-electron chi connectivity index (χ0n) is 15.7. The van der Waals surface area contributed by atoms with E-state index in [1.165, 1.54) is 7.11 Å². The van der Waals surface area contributed by atoms with Crippen LogP contribution in [0.25, 0.3) is 0 Å². The van der Waals surface area contributed by atoms with Crippen LogP contribution in [0.3, 0.4) is 0 Å². The number of hydrogen-bond donors (Lipinski definition) is 1. The molecule has 0 spiro atoms. The van der Waals surface area contributed by atoms with Gasteiger partial charge >= 0.3 is 0 Å². The first kappa shape index (κ1) is 19.5. The van der Waals surface area contributed by atoms with Crippen molar-refractivity contribution in [3.63, 3.8) is 0 Å². The number of anilines is 1. The highest BCUT2D eigenvalue weighted by Crippen LogP contribution is 2.30. The maximum Gasteiger partial charge on any atom is 0.230 e. The van der Waals surface area contributed by atoms with E-state index in [2.05, 4.69) is 5.32 Å². The van der Waals surface area contributed by atoms with Gasteiger partial charge in [0.2, 0.25) is 5.91 Å². The van der Waals surface area contributed by atoms with Gasteiger partial charge in [0.15, 0.2) is 17.3 Å². The summed E-state index contributed by atoms with van der Waals surface area (Å²) in [7, 11) is 3.08. The van der Waals surface area contributed by atoms with E-state index in [0.717, 1.165) is 5.69 Å². The predicted molar refractivity (Wildman–Crippen MR) is 102 cm³/mol. The third-order valence-electron chi connectivity index (χ3n) is 4.33. The lowest BCUT2D eigenvalue weighted by Crippen LogP contribution is -2.31. The van der Waals surface area contributed by atoms with E-state index in [1.54, 1.807) is 25.3 Å². The molecule has 138 valence electrons. The molecule has 0 fully saturated rings. The fourth-order valence-electron chi connectivity index (χ4n) is 2.52. The van der Waals surface area contributed by atoms with Crippen molar-refractivity contribution in [1.82, 2.24) is 0 Å². The highest BCUT2D eigenvalue weighted by atomic mass is 16.5. The second kappa shape index (κ2) is 8.52. The summed E-state index contributed by atoms with van der Waals surface area (Å²) < 4.78 is 10.4. The van der Waals surface area contributed by atoms with Gasteiger partial charge in [-0.25, -0.2) is 0 Å². The van der Waals surface area contributed by atoms with E-state index in [9.17, 15) is 9.59 Å². The lowest BCUT2D eigenvalue weighted by molar-refractivity contribution is -0.124. The van der Waals surface area contributed by atoms with Crippen molar-refractivity contribution < 1.29 is 19.1 Å². The molecule has 0 saturated carbocycles. The maximum atomic E-state index is 12.5. The summed E-state index contributed by atoms with van der Waals surface area (Å²) in [5, 5.41) is 2.89. The number of amides is 1. The number of methoxy groups -OCH3 is 2. The lowest BCUT2D eigenvalue weighted by atomic mass is 9.85. The van der Waals surface area contributed by atoms with Gasteiger partial charge in [0, 0.05) is 23.1 Å². The number of nitrogens with one attached hydrogen (secondary N) is 1. The molecule has 2 aromatic carbocycles. The smallest absolute Gasteiger partial charge is 0.230 e. The van der Waals surface area contributed by atoms with E-state index in [-0.39, 0.29) is 18.1 Å². The molecule has 1 amide bonds. The molecule has 5 heteroatoms. The second-order valence-corrected chi connectivity index (χ2v) is 6.70. The first-order chi connectivity index (χ1) is 12.4. The summed E-state index contributed by atoms with van der Waals surface area (Å²) in [6.45, 7) is 3.68. The van der Waals surface area contributed by atoms with E-state index in [1.807, 2.05) is 44.2 Å². The number of rotatable bonds is 8. The highest BCUT2D eigenvalue weighted by molar-refractivity contribution is 5.98. The quantitative estimate of drug-likeness (QED) is 0.716. The molecular weight excluding hydrogens is 330 g/mol. The molecule has 2 aromatic rings. The van der Waals surface area contributed by atoms with Gasteiger partial charge < -0.3 is 14.8 Å². The number of carbonyl (C=O) groups excluding carboxylic acids is 2. The minimum absolute atomic E-state index is 0.0356. The summed E-state index contributed by atoms with van der Waals surface area (Å²) in [5.41, 5.74) is 0.626. The predicted octanol–water partition coefficient (Wildman–Crippen LogP) is 4.33. The minimum Gasteiger partial charge on any atom is -0.493 e. The van der Waals surface area contributed by atoms with E-state index in [4.69, 9.17) is 9.47 Å². The van der Waals surface area contributed by atoms with Gasteiger partial charge in [0.1, 0.15) is 0 Å².